The Bertz CT molecular complexity index is 531. The molecule has 0 radical (unpaired) electrons. The summed E-state index contributed by atoms with van der Waals surface area (Å²) >= 11 is 0. The monoisotopic (exact) mass is 383 g/mol. The van der Waals surface area contributed by atoms with Crippen molar-refractivity contribution < 1.29 is 37.0 Å². The lowest BCUT2D eigenvalue weighted by molar-refractivity contribution is -0.192. The molecule has 1 fully saturated rings. The van der Waals surface area contributed by atoms with E-state index in [1.54, 1.807) is 4.90 Å². The van der Waals surface area contributed by atoms with Crippen LogP contribution in [0.5, 0.6) is 0 Å². The zero-order chi connectivity index (χ0) is 19.7. The number of nitrogens with zero attached hydrogens (tertiary/aromatic N) is 1. The van der Waals surface area contributed by atoms with E-state index < -0.39 is 18.6 Å². The van der Waals surface area contributed by atoms with Crippen molar-refractivity contribution >= 4 is 5.97 Å². The van der Waals surface area contributed by atoms with Gasteiger partial charge in [-0.15, -0.1) is 0 Å². The van der Waals surface area contributed by atoms with Crippen LogP contribution in [-0.2, 0) is 11.2 Å². The van der Waals surface area contributed by atoms with Crippen LogP contribution in [0.25, 0.3) is 0 Å². The van der Waals surface area contributed by atoms with Crippen LogP contribution in [0.4, 0.5) is 22.0 Å². The molecule has 2 rings (SSSR count). The molecule has 1 aliphatic rings. The summed E-state index contributed by atoms with van der Waals surface area (Å²) in [6, 6.07) is 9.91. The molecule has 1 aromatic rings. The number of carbonyl (C=O) groups is 1. The van der Waals surface area contributed by atoms with E-state index >= 15 is 0 Å². The summed E-state index contributed by atoms with van der Waals surface area (Å²) in [6.07, 6.45) is -5.44. The van der Waals surface area contributed by atoms with E-state index in [2.05, 4.69) is 0 Å². The van der Waals surface area contributed by atoms with Gasteiger partial charge in [-0.2, -0.15) is 13.2 Å². The van der Waals surface area contributed by atoms with Crippen molar-refractivity contribution in [3.63, 3.8) is 0 Å². The molecule has 0 bridgehead atoms. The molecule has 1 aliphatic heterocycles. The van der Waals surface area contributed by atoms with Crippen molar-refractivity contribution in [1.82, 2.24) is 4.90 Å². The zero-order valence-electron chi connectivity index (χ0n) is 14.0. The number of aliphatic hydroxyl groups is 1. The van der Waals surface area contributed by atoms with E-state index in [1.807, 2.05) is 30.3 Å². The SMILES string of the molecule is O=C(O)C(F)(F)F.OC(Cc1ccccc1)C1CCN(CC(F)F)CC1. The van der Waals surface area contributed by atoms with Gasteiger partial charge in [0.05, 0.1) is 12.6 Å². The molecule has 0 aliphatic carbocycles. The largest absolute Gasteiger partial charge is 0.490 e. The van der Waals surface area contributed by atoms with Crippen molar-refractivity contribution in [2.45, 2.75) is 38.0 Å². The van der Waals surface area contributed by atoms with Crippen molar-refractivity contribution in [2.24, 2.45) is 5.92 Å². The van der Waals surface area contributed by atoms with Crippen LogP contribution in [0.3, 0.4) is 0 Å². The third-order valence-corrected chi connectivity index (χ3v) is 4.10. The van der Waals surface area contributed by atoms with Gasteiger partial charge in [-0.1, -0.05) is 30.3 Å². The molecule has 0 amide bonds. The van der Waals surface area contributed by atoms with E-state index in [9.17, 15) is 27.1 Å². The standard InChI is InChI=1S/C15H21F2NO.C2HF3O2/c16-15(17)11-18-8-6-13(7-9-18)14(19)10-12-4-2-1-3-5-12;3-2(4,5)1(6)7/h1-5,13-15,19H,6-11H2;(H,6,7). The number of piperidine rings is 1. The van der Waals surface area contributed by atoms with E-state index in [0.717, 1.165) is 18.4 Å². The fourth-order valence-electron chi connectivity index (χ4n) is 2.74. The Hall–Kier alpha value is -1.74. The number of likely N-dealkylation sites (tertiary alicyclic amines) is 1. The molecule has 9 heteroatoms. The zero-order valence-corrected chi connectivity index (χ0v) is 14.0. The molecular formula is C17H22F5NO3. The first-order valence-corrected chi connectivity index (χ1v) is 8.12. The quantitative estimate of drug-likeness (QED) is 0.767. The average Bonchev–Trinajstić information content (AvgIpc) is 2.55. The summed E-state index contributed by atoms with van der Waals surface area (Å²) in [5.41, 5.74) is 1.13. The summed E-state index contributed by atoms with van der Waals surface area (Å²) in [5.74, 6) is -2.53. The highest BCUT2D eigenvalue weighted by molar-refractivity contribution is 5.73. The maximum atomic E-state index is 12.3. The van der Waals surface area contributed by atoms with Crippen LogP contribution >= 0.6 is 0 Å². The van der Waals surface area contributed by atoms with Gasteiger partial charge in [-0.05, 0) is 43.8 Å². The van der Waals surface area contributed by atoms with Crippen LogP contribution in [0, 0.1) is 5.92 Å². The van der Waals surface area contributed by atoms with Gasteiger partial charge in [-0.3, -0.25) is 4.90 Å². The van der Waals surface area contributed by atoms with Gasteiger partial charge in [0.2, 0.25) is 0 Å². The minimum absolute atomic E-state index is 0.137. The molecular weight excluding hydrogens is 361 g/mol. The van der Waals surface area contributed by atoms with Gasteiger partial charge in [0.15, 0.2) is 0 Å². The molecule has 0 spiro atoms. The van der Waals surface area contributed by atoms with Crippen molar-refractivity contribution in [3.05, 3.63) is 35.9 Å². The lowest BCUT2D eigenvalue weighted by Crippen LogP contribution is -2.40. The molecule has 26 heavy (non-hydrogen) atoms. The Morgan fingerprint density at radius 3 is 2.08 bits per heavy atom. The molecule has 1 atom stereocenters. The third-order valence-electron chi connectivity index (χ3n) is 4.10. The Balaban J connectivity index is 0.000000412. The fraction of sp³-hybridized carbons (Fsp3) is 0.588. The smallest absolute Gasteiger partial charge is 0.475 e. The highest BCUT2D eigenvalue weighted by Crippen LogP contribution is 2.23. The number of carboxylic acid groups (broad SMARTS) is 1. The van der Waals surface area contributed by atoms with Gasteiger partial charge < -0.3 is 10.2 Å². The van der Waals surface area contributed by atoms with Crippen molar-refractivity contribution in [1.29, 1.82) is 0 Å². The number of hydrogen-bond donors (Lipinski definition) is 2. The molecule has 1 heterocycles. The Kier molecular flexibility index (Phi) is 8.94. The molecule has 1 unspecified atom stereocenters. The Labute approximate surface area is 148 Å². The summed E-state index contributed by atoms with van der Waals surface area (Å²) in [6.45, 7) is 1.20. The highest BCUT2D eigenvalue weighted by Gasteiger charge is 2.38. The first kappa shape index (κ1) is 22.3. The number of aliphatic carboxylic acids is 1. The Morgan fingerprint density at radius 2 is 1.65 bits per heavy atom. The molecule has 0 aromatic heterocycles. The number of halogens is 5. The minimum Gasteiger partial charge on any atom is -0.475 e. The van der Waals surface area contributed by atoms with Crippen LogP contribution < -0.4 is 0 Å². The lowest BCUT2D eigenvalue weighted by atomic mass is 9.88. The van der Waals surface area contributed by atoms with Crippen LogP contribution in [0.1, 0.15) is 18.4 Å². The van der Waals surface area contributed by atoms with Gasteiger partial charge in [-0.25, -0.2) is 13.6 Å². The molecule has 1 aromatic carbocycles. The van der Waals surface area contributed by atoms with Gasteiger partial charge >= 0.3 is 12.1 Å². The number of aliphatic hydroxyl groups excluding tert-OH is 1. The van der Waals surface area contributed by atoms with E-state index in [1.165, 1.54) is 0 Å². The first-order valence-electron chi connectivity index (χ1n) is 8.12. The number of rotatable bonds is 5. The number of hydrogen-bond acceptors (Lipinski definition) is 3. The second-order valence-corrected chi connectivity index (χ2v) is 6.09. The molecule has 4 nitrogen and oxygen atoms in total. The summed E-state index contributed by atoms with van der Waals surface area (Å²) in [7, 11) is 0. The third kappa shape index (κ3) is 8.57. The predicted octanol–water partition coefficient (Wildman–Crippen LogP) is 3.20. The van der Waals surface area contributed by atoms with Gasteiger partial charge in [0.25, 0.3) is 6.43 Å². The fourth-order valence-corrected chi connectivity index (χ4v) is 2.74. The number of alkyl halides is 5. The number of benzene rings is 1. The predicted molar refractivity (Wildman–Crippen MR) is 85.0 cm³/mol. The molecule has 1 saturated heterocycles. The van der Waals surface area contributed by atoms with Gasteiger partial charge in [0, 0.05) is 0 Å². The van der Waals surface area contributed by atoms with E-state index in [4.69, 9.17) is 9.90 Å². The molecule has 0 saturated carbocycles. The second kappa shape index (κ2) is 10.4. The van der Waals surface area contributed by atoms with E-state index in [-0.39, 0.29) is 18.6 Å². The average molecular weight is 383 g/mol. The van der Waals surface area contributed by atoms with Crippen LogP contribution in [0.15, 0.2) is 30.3 Å². The van der Waals surface area contributed by atoms with Gasteiger partial charge in [0.1, 0.15) is 0 Å². The van der Waals surface area contributed by atoms with E-state index in [0.29, 0.717) is 19.5 Å². The van der Waals surface area contributed by atoms with Crippen LogP contribution in [-0.4, -0.2) is 59.4 Å². The maximum Gasteiger partial charge on any atom is 0.490 e. The topological polar surface area (TPSA) is 60.8 Å². The normalized spacial score (nSPS) is 17.5. The second-order valence-electron chi connectivity index (χ2n) is 6.09. The highest BCUT2D eigenvalue weighted by atomic mass is 19.4. The van der Waals surface area contributed by atoms with Crippen molar-refractivity contribution in [2.75, 3.05) is 19.6 Å². The summed E-state index contributed by atoms with van der Waals surface area (Å²) in [5, 5.41) is 17.4. The number of carboxylic acids is 1. The minimum atomic E-state index is -5.08. The van der Waals surface area contributed by atoms with Crippen LogP contribution in [0.2, 0.25) is 0 Å². The maximum absolute atomic E-state index is 12.3. The summed E-state index contributed by atoms with van der Waals surface area (Å²) in [4.78, 5) is 10.7. The summed E-state index contributed by atoms with van der Waals surface area (Å²) < 4.78 is 56.3. The first-order chi connectivity index (χ1) is 12.1. The molecule has 2 N–H and O–H groups in total. The lowest BCUT2D eigenvalue weighted by Gasteiger charge is -2.34. The Morgan fingerprint density at radius 1 is 1.15 bits per heavy atom. The van der Waals surface area contributed by atoms with Crippen molar-refractivity contribution in [3.8, 4) is 0 Å². The molecule has 148 valence electrons.